The van der Waals surface area contributed by atoms with Gasteiger partial charge in [-0.15, -0.1) is 0 Å². The first-order chi connectivity index (χ1) is 50.8. The van der Waals surface area contributed by atoms with Gasteiger partial charge in [0.05, 0.1) is 34.1 Å². The van der Waals surface area contributed by atoms with E-state index < -0.39 is 0 Å². The molecule has 12 aromatic rings. The summed E-state index contributed by atoms with van der Waals surface area (Å²) in [6.45, 7) is 44.7. The van der Waals surface area contributed by atoms with Crippen molar-refractivity contribution >= 4 is 123 Å². The van der Waals surface area contributed by atoms with Gasteiger partial charge in [-0.2, -0.15) is 0 Å². The smallest absolute Gasteiger partial charge is 0.323 e. The van der Waals surface area contributed by atoms with E-state index in [0.29, 0.717) is 35.8 Å². The van der Waals surface area contributed by atoms with Crippen LogP contribution in [0.25, 0.3) is 98.0 Å². The Morgan fingerprint density at radius 3 is 0.556 bits per heavy atom. The van der Waals surface area contributed by atoms with Gasteiger partial charge in [-0.3, -0.25) is 0 Å². The van der Waals surface area contributed by atoms with Crippen molar-refractivity contribution in [2.45, 2.75) is 197 Å². The quantitative estimate of drug-likeness (QED) is 0.0480. The average molecular weight is 1440 g/mol. The minimum Gasteiger partial charge on any atom is -0.338 e. The van der Waals surface area contributed by atoms with Gasteiger partial charge < -0.3 is 42.5 Å². The minimum absolute atomic E-state index is 0.147. The first kappa shape index (κ1) is 76.9. The number of carbonyl (C=O) groups excluding carboxylic acids is 4. The molecule has 0 saturated heterocycles. The molecule has 0 aliphatic carbocycles. The highest BCUT2D eigenvalue weighted by molar-refractivity contribution is 6.14. The summed E-state index contributed by atoms with van der Waals surface area (Å²) in [5.74, 6) is 0. The summed E-state index contributed by atoms with van der Waals surface area (Å²) in [5.41, 5.74) is 15.3. The summed E-state index contributed by atoms with van der Waals surface area (Å²) >= 11 is 0. The molecule has 12 heteroatoms. The summed E-state index contributed by atoms with van der Waals surface area (Å²) in [4.78, 5) is 56.8. The molecule has 0 unspecified atom stereocenters. The lowest BCUT2D eigenvalue weighted by Crippen LogP contribution is -2.29. The van der Waals surface area contributed by atoms with E-state index in [4.69, 9.17) is 0 Å². The molecule has 0 bridgehead atoms. The van der Waals surface area contributed by atoms with Gasteiger partial charge in [0.1, 0.15) is 0 Å². The fraction of sp³-hybridized carbons (Fsp3) is 0.333. The fourth-order valence-corrected chi connectivity index (χ4v) is 14.1. The van der Waals surface area contributed by atoms with Crippen LogP contribution in [0.1, 0.15) is 198 Å². The summed E-state index contributed by atoms with van der Waals surface area (Å²) in [5, 5.41) is 37.3. The monoisotopic (exact) mass is 1440 g/mol. The molecule has 12 aromatic carbocycles. The average Bonchev–Trinajstić information content (AvgIpc) is 0.772. The lowest BCUT2D eigenvalue weighted by Gasteiger charge is -2.24. The van der Waals surface area contributed by atoms with Gasteiger partial charge in [-0.1, -0.05) is 261 Å². The number of carbonyl (C=O) groups is 4. The van der Waals surface area contributed by atoms with Crippen molar-refractivity contribution in [1.29, 1.82) is 0 Å². The molecule has 0 aliphatic heterocycles. The standard InChI is InChI=1S/C96H110N8O4/c1-21-23-37-97-87(105)99-81-51-69(91(3,4)5)39-63-31-25-57(45-75(63)81)59-27-33-65-41-71(93(9,10)11)53-83(77(65)47-59)101-89(107)103-85-55-73(95(15,16)17)43-67-35-29-61(49-79(67)85)62-30-36-68-44-74(96(18,19)20)56-86(80(68)50-62)104-90(108)102-84-54-72(94(12,13)14)42-66-34-28-60(48-78(66)84)58-26-32-64-40-70(92(6,7)8)52-82(76(64)46-58)100-88(106)98-38-24-22-2/h25-36,39-56H,21-24,37-38H2,1-20H3,(H2,97,99,105)(H2,98,100,106)(H2,101,103,107)(H2,102,104,108). The predicted molar refractivity (Wildman–Crippen MR) is 462 cm³/mol. The van der Waals surface area contributed by atoms with Crippen LogP contribution in [0.15, 0.2) is 182 Å². The van der Waals surface area contributed by atoms with Gasteiger partial charge in [-0.05, 0) is 217 Å². The van der Waals surface area contributed by atoms with Gasteiger partial charge in [-0.25, -0.2) is 19.2 Å². The zero-order chi connectivity index (χ0) is 77.7. The third kappa shape index (κ3) is 17.3. The van der Waals surface area contributed by atoms with Crippen LogP contribution in [0, 0.1) is 0 Å². The topological polar surface area (TPSA) is 165 Å². The SMILES string of the molecule is CCCCNC(=O)Nc1cc(C(C)(C)C)cc2ccc(-c3ccc4cc(C(C)(C)C)cc(NC(=O)Nc5cc(C(C)(C)C)cc6ccc(-c7ccc8cc(C(C)(C)C)cc(NC(=O)Nc9cc(C(C)(C)C)cc%10ccc(-c%11ccc%12cc(C(C)(C)C)cc(NC(=O)NCCCC)c%12c%11)cc9%10)c8c7)cc56)c4c3)cc12. The maximum absolute atomic E-state index is 15.1. The highest BCUT2D eigenvalue weighted by Crippen LogP contribution is 2.44. The Hall–Kier alpha value is -10.7. The van der Waals surface area contributed by atoms with E-state index in [1.807, 2.05) is 0 Å². The maximum Gasteiger partial charge on any atom is 0.323 e. The summed E-state index contributed by atoms with van der Waals surface area (Å²) in [7, 11) is 0. The molecule has 12 nitrogen and oxygen atoms in total. The molecule has 0 fully saturated rings. The molecule has 8 N–H and O–H groups in total. The molecule has 0 atom stereocenters. The van der Waals surface area contributed by atoms with Crippen LogP contribution in [-0.4, -0.2) is 37.2 Å². The number of benzene rings is 12. The molecule has 0 spiro atoms. The van der Waals surface area contributed by atoms with E-state index in [1.54, 1.807) is 0 Å². The number of hydrogen-bond acceptors (Lipinski definition) is 4. The van der Waals surface area contributed by atoms with Crippen molar-refractivity contribution in [1.82, 2.24) is 10.6 Å². The van der Waals surface area contributed by atoms with Gasteiger partial charge in [0.15, 0.2) is 0 Å². The Morgan fingerprint density at radius 1 is 0.231 bits per heavy atom. The Kier molecular flexibility index (Phi) is 21.2. The fourth-order valence-electron chi connectivity index (χ4n) is 14.1. The van der Waals surface area contributed by atoms with E-state index in [2.05, 4.69) is 363 Å². The van der Waals surface area contributed by atoms with Gasteiger partial charge in [0.2, 0.25) is 0 Å². The number of amides is 8. The lowest BCUT2D eigenvalue weighted by atomic mass is 9.84. The highest BCUT2D eigenvalue weighted by Gasteiger charge is 2.26. The minimum atomic E-state index is -0.376. The van der Waals surface area contributed by atoms with Crippen LogP contribution in [0.2, 0.25) is 0 Å². The Morgan fingerprint density at radius 2 is 0.398 bits per heavy atom. The van der Waals surface area contributed by atoms with Gasteiger partial charge in [0.25, 0.3) is 0 Å². The van der Waals surface area contributed by atoms with Crippen LogP contribution < -0.4 is 42.5 Å². The first-order valence-corrected chi connectivity index (χ1v) is 38.5. The number of unbranched alkanes of at least 4 members (excludes halogenated alkanes) is 2. The van der Waals surface area contributed by atoms with E-state index in [0.717, 1.165) is 168 Å². The lowest BCUT2D eigenvalue weighted by molar-refractivity contribution is 0.251. The van der Waals surface area contributed by atoms with Crippen LogP contribution in [-0.2, 0) is 32.5 Å². The number of hydrogen-bond donors (Lipinski definition) is 8. The van der Waals surface area contributed by atoms with Crippen molar-refractivity contribution in [3.05, 3.63) is 215 Å². The number of anilines is 6. The molecule has 12 rings (SSSR count). The van der Waals surface area contributed by atoms with E-state index in [1.165, 1.54) is 0 Å². The molecule has 0 heterocycles. The zero-order valence-electron chi connectivity index (χ0n) is 67.2. The maximum atomic E-state index is 15.1. The molecule has 108 heavy (non-hydrogen) atoms. The van der Waals surface area contributed by atoms with E-state index in [-0.39, 0.29) is 56.6 Å². The second kappa shape index (κ2) is 29.8. The van der Waals surface area contributed by atoms with Crippen molar-refractivity contribution in [3.63, 3.8) is 0 Å². The second-order valence-corrected chi connectivity index (χ2v) is 35.9. The van der Waals surface area contributed by atoms with Crippen LogP contribution in [0.4, 0.5) is 53.3 Å². The molecule has 0 saturated carbocycles. The van der Waals surface area contributed by atoms with Crippen LogP contribution in [0.3, 0.4) is 0 Å². The van der Waals surface area contributed by atoms with Crippen LogP contribution in [0.5, 0.6) is 0 Å². The van der Waals surface area contributed by atoms with Gasteiger partial charge >= 0.3 is 24.1 Å². The Labute approximate surface area is 639 Å². The van der Waals surface area contributed by atoms with Crippen LogP contribution >= 0.6 is 0 Å². The number of fused-ring (bicyclic) bond motifs is 6. The number of urea groups is 4. The third-order valence-electron chi connectivity index (χ3n) is 21.0. The zero-order valence-corrected chi connectivity index (χ0v) is 67.2. The number of rotatable bonds is 15. The molecule has 8 amide bonds. The highest BCUT2D eigenvalue weighted by atomic mass is 16.2. The van der Waals surface area contributed by atoms with E-state index >= 15 is 9.59 Å². The second-order valence-electron chi connectivity index (χ2n) is 35.9. The van der Waals surface area contributed by atoms with Crippen molar-refractivity contribution in [2.24, 2.45) is 0 Å². The van der Waals surface area contributed by atoms with Gasteiger partial charge in [0, 0.05) is 45.4 Å². The first-order valence-electron chi connectivity index (χ1n) is 38.5. The van der Waals surface area contributed by atoms with Crippen molar-refractivity contribution < 1.29 is 19.2 Å². The molecular formula is C96H110N8O4. The third-order valence-corrected chi connectivity index (χ3v) is 21.0. The van der Waals surface area contributed by atoms with Crippen molar-refractivity contribution in [2.75, 3.05) is 45.0 Å². The normalized spacial score (nSPS) is 12.4. The predicted octanol–water partition coefficient (Wildman–Crippen LogP) is 26.5. The summed E-state index contributed by atoms with van der Waals surface area (Å²) < 4.78 is 0. The summed E-state index contributed by atoms with van der Waals surface area (Å²) in [6, 6.07) is 63.2. The molecule has 0 aromatic heterocycles. The molecule has 0 aliphatic rings. The Balaban J connectivity index is 0.876. The molecular weight excluding hydrogens is 1330 g/mol. The molecule has 558 valence electrons. The largest absolute Gasteiger partial charge is 0.338 e. The number of nitrogens with one attached hydrogen (secondary N) is 8. The Bertz CT molecular complexity index is 5190. The summed E-state index contributed by atoms with van der Waals surface area (Å²) in [6.07, 6.45) is 3.76. The van der Waals surface area contributed by atoms with Crippen molar-refractivity contribution in [3.8, 4) is 33.4 Å². The van der Waals surface area contributed by atoms with E-state index in [9.17, 15) is 9.59 Å². The molecule has 0 radical (unpaired) electrons.